The molecule has 0 heterocycles. The topological polar surface area (TPSA) is 79.8 Å². The lowest BCUT2D eigenvalue weighted by molar-refractivity contribution is -0.139. The second kappa shape index (κ2) is 6.68. The van der Waals surface area contributed by atoms with Crippen molar-refractivity contribution in [1.82, 2.24) is 0 Å². The molecule has 0 aromatic rings. The van der Waals surface area contributed by atoms with Gasteiger partial charge < -0.3 is 10.3 Å². The SMILES string of the molecule is COC(=O)C(=[N+]=[N-])C(=O)CCC=C(C)C. The van der Waals surface area contributed by atoms with Gasteiger partial charge in [0.2, 0.25) is 0 Å². The number of carbonyl (C=O) groups is 2. The monoisotopic (exact) mass is 210 g/mol. The molecule has 0 fully saturated rings. The Labute approximate surface area is 88.4 Å². The number of hydrogen-bond acceptors (Lipinski definition) is 3. The van der Waals surface area contributed by atoms with Crippen molar-refractivity contribution >= 4 is 17.5 Å². The minimum atomic E-state index is -0.917. The van der Waals surface area contributed by atoms with E-state index < -0.39 is 17.5 Å². The van der Waals surface area contributed by atoms with Gasteiger partial charge in [0.05, 0.1) is 7.11 Å². The third-order valence-corrected chi connectivity index (χ3v) is 1.67. The van der Waals surface area contributed by atoms with E-state index in [0.29, 0.717) is 6.42 Å². The van der Waals surface area contributed by atoms with E-state index in [1.807, 2.05) is 19.9 Å². The van der Waals surface area contributed by atoms with Crippen LogP contribution in [-0.2, 0) is 14.3 Å². The minimum Gasteiger partial charge on any atom is -0.460 e. The first-order valence-corrected chi connectivity index (χ1v) is 4.49. The Balaban J connectivity index is 4.38. The summed E-state index contributed by atoms with van der Waals surface area (Å²) in [5, 5.41) is 0. The number of ether oxygens (including phenoxy) is 1. The average molecular weight is 210 g/mol. The van der Waals surface area contributed by atoms with Crippen LogP contribution >= 0.6 is 0 Å². The first kappa shape index (κ1) is 13.3. The van der Waals surface area contributed by atoms with Gasteiger partial charge >= 0.3 is 11.7 Å². The molecule has 0 aliphatic rings. The van der Waals surface area contributed by atoms with E-state index in [4.69, 9.17) is 5.53 Å². The maximum absolute atomic E-state index is 11.3. The molecule has 15 heavy (non-hydrogen) atoms. The number of carbonyl (C=O) groups excluding carboxylic acids is 2. The molecule has 0 radical (unpaired) electrons. The predicted molar refractivity (Wildman–Crippen MR) is 54.3 cm³/mol. The van der Waals surface area contributed by atoms with Crippen LogP contribution in [0.15, 0.2) is 11.6 Å². The molecule has 0 aromatic carbocycles. The Morgan fingerprint density at radius 3 is 2.40 bits per heavy atom. The van der Waals surface area contributed by atoms with Crippen molar-refractivity contribution in [2.24, 2.45) is 0 Å². The fourth-order valence-corrected chi connectivity index (χ4v) is 0.917. The first-order valence-electron chi connectivity index (χ1n) is 4.49. The molecule has 5 nitrogen and oxygen atoms in total. The lowest BCUT2D eigenvalue weighted by Gasteiger charge is -1.93. The molecule has 0 N–H and O–H groups in total. The van der Waals surface area contributed by atoms with Crippen LogP contribution in [0.5, 0.6) is 0 Å². The highest BCUT2D eigenvalue weighted by atomic mass is 16.5. The van der Waals surface area contributed by atoms with E-state index in [2.05, 4.69) is 9.53 Å². The number of Topliss-reactive ketones (excluding diaryl/α,β-unsaturated/α-hetero) is 1. The number of ketones is 1. The highest BCUT2D eigenvalue weighted by Crippen LogP contribution is 1.99. The largest absolute Gasteiger partial charge is 0.460 e. The summed E-state index contributed by atoms with van der Waals surface area (Å²) in [5.74, 6) is -1.44. The zero-order valence-corrected chi connectivity index (χ0v) is 9.11. The van der Waals surface area contributed by atoms with Crippen LogP contribution in [0.1, 0.15) is 26.7 Å². The van der Waals surface area contributed by atoms with Gasteiger partial charge in [0, 0.05) is 6.42 Å². The summed E-state index contributed by atoms with van der Waals surface area (Å²) < 4.78 is 4.29. The zero-order valence-electron chi connectivity index (χ0n) is 9.11. The van der Waals surface area contributed by atoms with Crippen LogP contribution in [0.4, 0.5) is 0 Å². The van der Waals surface area contributed by atoms with Gasteiger partial charge in [-0.2, -0.15) is 4.79 Å². The summed E-state index contributed by atoms with van der Waals surface area (Å²) in [4.78, 5) is 24.9. The number of esters is 1. The van der Waals surface area contributed by atoms with E-state index in [1.165, 1.54) is 0 Å². The van der Waals surface area contributed by atoms with Crippen molar-refractivity contribution in [2.75, 3.05) is 7.11 Å². The molecule has 0 aliphatic carbocycles. The molecular weight excluding hydrogens is 196 g/mol. The lowest BCUT2D eigenvalue weighted by Crippen LogP contribution is -2.26. The fourth-order valence-electron chi connectivity index (χ4n) is 0.917. The molecule has 0 bridgehead atoms. The second-order valence-electron chi connectivity index (χ2n) is 3.18. The van der Waals surface area contributed by atoms with Gasteiger partial charge in [0.25, 0.3) is 5.78 Å². The quantitative estimate of drug-likeness (QED) is 0.170. The normalized spacial score (nSPS) is 8.73. The summed E-state index contributed by atoms with van der Waals surface area (Å²) in [7, 11) is 1.12. The highest BCUT2D eigenvalue weighted by Gasteiger charge is 2.29. The van der Waals surface area contributed by atoms with Crippen molar-refractivity contribution in [1.29, 1.82) is 0 Å². The van der Waals surface area contributed by atoms with Crippen molar-refractivity contribution in [3.63, 3.8) is 0 Å². The smallest absolute Gasteiger partial charge is 0.441 e. The summed E-state index contributed by atoms with van der Waals surface area (Å²) in [5.41, 5.74) is 8.99. The molecule has 0 atom stereocenters. The van der Waals surface area contributed by atoms with Crippen molar-refractivity contribution in [3.8, 4) is 0 Å². The van der Waals surface area contributed by atoms with Crippen LogP contribution in [0.2, 0.25) is 0 Å². The van der Waals surface area contributed by atoms with Gasteiger partial charge in [-0.05, 0) is 20.3 Å². The molecule has 0 saturated heterocycles. The second-order valence-corrected chi connectivity index (χ2v) is 3.18. The van der Waals surface area contributed by atoms with E-state index in [1.54, 1.807) is 0 Å². The standard InChI is InChI=1S/C10H14N2O3/c1-7(2)5-4-6-8(13)9(12-11)10(14)15-3/h5H,4,6H2,1-3H3. The highest BCUT2D eigenvalue weighted by molar-refractivity contribution is 6.62. The van der Waals surface area contributed by atoms with Gasteiger partial charge in [0.15, 0.2) is 0 Å². The number of hydrogen-bond donors (Lipinski definition) is 0. The van der Waals surface area contributed by atoms with Gasteiger partial charge in [-0.25, -0.2) is 4.79 Å². The summed E-state index contributed by atoms with van der Waals surface area (Å²) in [6, 6.07) is 0. The summed E-state index contributed by atoms with van der Waals surface area (Å²) in [6.45, 7) is 3.82. The number of rotatable bonds is 5. The van der Waals surface area contributed by atoms with Crippen LogP contribution in [-0.4, -0.2) is 29.4 Å². The lowest BCUT2D eigenvalue weighted by atomic mass is 10.1. The van der Waals surface area contributed by atoms with Crippen molar-refractivity contribution in [3.05, 3.63) is 17.2 Å². The van der Waals surface area contributed by atoms with Crippen molar-refractivity contribution in [2.45, 2.75) is 26.7 Å². The maximum Gasteiger partial charge on any atom is 0.441 e. The third kappa shape index (κ3) is 4.88. The van der Waals surface area contributed by atoms with Gasteiger partial charge in [-0.15, -0.1) is 0 Å². The van der Waals surface area contributed by atoms with E-state index in [9.17, 15) is 9.59 Å². The van der Waals surface area contributed by atoms with Crippen LogP contribution in [0.25, 0.3) is 5.53 Å². The summed E-state index contributed by atoms with van der Waals surface area (Å²) >= 11 is 0. The Hall–Kier alpha value is -1.74. The van der Waals surface area contributed by atoms with Crippen LogP contribution in [0.3, 0.4) is 0 Å². The van der Waals surface area contributed by atoms with Crippen LogP contribution in [0, 0.1) is 0 Å². The fraction of sp³-hybridized carbons (Fsp3) is 0.500. The first-order chi connectivity index (χ1) is 7.02. The Morgan fingerprint density at radius 1 is 1.40 bits per heavy atom. The Morgan fingerprint density at radius 2 is 2.00 bits per heavy atom. The Bertz CT molecular complexity index is 335. The molecule has 0 rings (SSSR count). The molecule has 0 aliphatic heterocycles. The number of methoxy groups -OCH3 is 1. The molecule has 0 amide bonds. The number of nitrogens with zero attached hydrogens (tertiary/aromatic N) is 2. The Kier molecular flexibility index (Phi) is 5.90. The van der Waals surface area contributed by atoms with Crippen LogP contribution < -0.4 is 0 Å². The molecule has 0 spiro atoms. The zero-order chi connectivity index (χ0) is 11.8. The molecular formula is C10H14N2O3. The van der Waals surface area contributed by atoms with Crippen molar-refractivity contribution < 1.29 is 19.1 Å². The third-order valence-electron chi connectivity index (χ3n) is 1.67. The molecule has 0 saturated carbocycles. The van der Waals surface area contributed by atoms with E-state index in [-0.39, 0.29) is 6.42 Å². The number of allylic oxidation sites excluding steroid dienone is 2. The van der Waals surface area contributed by atoms with E-state index >= 15 is 0 Å². The molecule has 0 unspecified atom stereocenters. The molecule has 82 valence electrons. The average Bonchev–Trinajstić information content (AvgIpc) is 2.18. The molecule has 0 aromatic heterocycles. The minimum absolute atomic E-state index is 0.125. The van der Waals surface area contributed by atoms with E-state index in [0.717, 1.165) is 12.7 Å². The predicted octanol–water partition coefficient (Wildman–Crippen LogP) is 1.15. The molecule has 5 heteroatoms. The summed E-state index contributed by atoms with van der Waals surface area (Å²) in [6.07, 6.45) is 2.50. The van der Waals surface area contributed by atoms with Gasteiger partial charge in [-0.1, -0.05) is 11.6 Å². The van der Waals surface area contributed by atoms with Gasteiger partial charge in [0.1, 0.15) is 0 Å². The maximum atomic E-state index is 11.3. The van der Waals surface area contributed by atoms with Gasteiger partial charge in [-0.3, -0.25) is 4.79 Å².